The highest BCUT2D eigenvalue weighted by Crippen LogP contribution is 2.20. The molecule has 3 aromatic carbocycles. The molecule has 0 N–H and O–H groups in total. The van der Waals surface area contributed by atoms with Gasteiger partial charge in [0.1, 0.15) is 5.82 Å². The topological polar surface area (TPSA) is 56.4 Å². The Bertz CT molecular complexity index is 1520. The smallest absolute Gasteiger partial charge is 0.281 e. The Kier molecular flexibility index (Phi) is 3.42. The molecule has 0 aliphatic heterocycles. The molecule has 28 heavy (non-hydrogen) atoms. The summed E-state index contributed by atoms with van der Waals surface area (Å²) in [6, 6.07) is 18.1. The molecule has 0 atom stereocenters. The van der Waals surface area contributed by atoms with Gasteiger partial charge in [0, 0.05) is 0 Å². The van der Waals surface area contributed by atoms with Crippen molar-refractivity contribution in [2.24, 2.45) is 0 Å². The van der Waals surface area contributed by atoms with Crippen LogP contribution in [-0.2, 0) is 0 Å². The van der Waals surface area contributed by atoms with E-state index in [1.54, 1.807) is 47.1 Å². The average molecular weight is 371 g/mol. The molecule has 2 aromatic heterocycles. The molecule has 0 spiro atoms. The lowest BCUT2D eigenvalue weighted by molar-refractivity contribution is 0.626. The number of hydrogen-bond donors (Lipinski definition) is 0. The maximum absolute atomic E-state index is 13.5. The van der Waals surface area contributed by atoms with Crippen LogP contribution in [-0.4, -0.2) is 14.2 Å². The number of hydrogen-bond acceptors (Lipinski definition) is 3. The number of halogens is 1. The van der Waals surface area contributed by atoms with Crippen LogP contribution >= 0.6 is 0 Å². The number of fused-ring (bicyclic) bond motifs is 3. The Morgan fingerprint density at radius 2 is 1.64 bits per heavy atom. The molecule has 0 saturated carbocycles. The zero-order chi connectivity index (χ0) is 19.4. The van der Waals surface area contributed by atoms with Crippen molar-refractivity contribution in [3.8, 4) is 5.69 Å². The maximum atomic E-state index is 13.5. The fourth-order valence-corrected chi connectivity index (χ4v) is 3.53. The van der Waals surface area contributed by atoms with Crippen LogP contribution in [0.2, 0.25) is 0 Å². The summed E-state index contributed by atoms with van der Waals surface area (Å²) < 4.78 is 16.4. The monoisotopic (exact) mass is 371 g/mol. The summed E-state index contributed by atoms with van der Waals surface area (Å²) in [5.41, 5.74) is 1.86. The minimum atomic E-state index is -0.384. The van der Waals surface area contributed by atoms with E-state index in [9.17, 15) is 14.0 Å². The molecule has 5 aromatic rings. The van der Waals surface area contributed by atoms with E-state index in [0.29, 0.717) is 27.5 Å². The average Bonchev–Trinajstić information content (AvgIpc) is 2.70. The first-order valence-corrected chi connectivity index (χ1v) is 8.78. The zero-order valence-corrected chi connectivity index (χ0v) is 14.9. The summed E-state index contributed by atoms with van der Waals surface area (Å²) >= 11 is 0. The SMILES string of the molecule is Cc1ccc2c(=O)c3nc4ccccc4c(=O)n3n(-c3ccc(F)cc3)c2c1. The number of rotatable bonds is 1. The molecule has 0 unspecified atom stereocenters. The molecule has 2 heterocycles. The third-order valence-corrected chi connectivity index (χ3v) is 4.85. The van der Waals surface area contributed by atoms with Crippen molar-refractivity contribution >= 4 is 27.5 Å². The van der Waals surface area contributed by atoms with Crippen molar-refractivity contribution in [3.63, 3.8) is 0 Å². The lowest BCUT2D eigenvalue weighted by atomic mass is 10.1. The summed E-state index contributed by atoms with van der Waals surface area (Å²) in [4.78, 5) is 30.9. The molecular weight excluding hydrogens is 357 g/mol. The Morgan fingerprint density at radius 3 is 2.43 bits per heavy atom. The highest BCUT2D eigenvalue weighted by molar-refractivity contribution is 5.86. The third kappa shape index (κ3) is 2.28. The van der Waals surface area contributed by atoms with Crippen molar-refractivity contribution < 1.29 is 4.39 Å². The zero-order valence-electron chi connectivity index (χ0n) is 14.9. The molecule has 136 valence electrons. The summed E-state index contributed by atoms with van der Waals surface area (Å²) in [7, 11) is 0. The first-order chi connectivity index (χ1) is 13.5. The summed E-state index contributed by atoms with van der Waals surface area (Å²) in [5.74, 6) is -0.384. The molecule has 0 saturated heterocycles. The van der Waals surface area contributed by atoms with Gasteiger partial charge in [-0.05, 0) is 61.0 Å². The van der Waals surface area contributed by atoms with E-state index in [2.05, 4.69) is 4.98 Å². The van der Waals surface area contributed by atoms with Crippen molar-refractivity contribution in [1.29, 1.82) is 0 Å². The van der Waals surface area contributed by atoms with E-state index in [4.69, 9.17) is 0 Å². The quantitative estimate of drug-likeness (QED) is 0.423. The van der Waals surface area contributed by atoms with Crippen molar-refractivity contribution in [2.75, 3.05) is 0 Å². The molecule has 0 radical (unpaired) electrons. The molecule has 6 heteroatoms. The Hall–Kier alpha value is -3.80. The molecule has 0 aliphatic carbocycles. The minimum absolute atomic E-state index is 0.0318. The van der Waals surface area contributed by atoms with Gasteiger partial charge < -0.3 is 0 Å². The molecule has 0 bridgehead atoms. The van der Waals surface area contributed by atoms with Gasteiger partial charge in [0.05, 0.1) is 27.5 Å². The first-order valence-electron chi connectivity index (χ1n) is 8.78. The fourth-order valence-electron chi connectivity index (χ4n) is 3.53. The standard InChI is InChI=1S/C22H14FN3O2/c1-13-6-11-17-19(12-13)25(15-9-7-14(23)8-10-15)26-21(20(17)27)24-18-5-3-2-4-16(18)22(26)28/h2-12H,1H3. The Morgan fingerprint density at radius 1 is 0.893 bits per heavy atom. The Labute approximate surface area is 157 Å². The molecule has 0 amide bonds. The van der Waals surface area contributed by atoms with Crippen LogP contribution in [0.1, 0.15) is 5.56 Å². The third-order valence-electron chi connectivity index (χ3n) is 4.85. The van der Waals surface area contributed by atoms with Gasteiger partial charge in [0.25, 0.3) is 5.56 Å². The number of para-hydroxylation sites is 1. The van der Waals surface area contributed by atoms with E-state index in [1.165, 1.54) is 16.6 Å². The van der Waals surface area contributed by atoms with Crippen LogP contribution in [0.5, 0.6) is 0 Å². The number of nitrogens with zero attached hydrogens (tertiary/aromatic N) is 3. The minimum Gasteiger partial charge on any atom is -0.285 e. The predicted molar refractivity (Wildman–Crippen MR) is 107 cm³/mol. The number of aryl methyl sites for hydroxylation is 1. The van der Waals surface area contributed by atoms with Crippen LogP contribution in [0.25, 0.3) is 33.1 Å². The lowest BCUT2D eigenvalue weighted by Gasteiger charge is -2.16. The number of benzene rings is 3. The highest BCUT2D eigenvalue weighted by atomic mass is 19.1. The van der Waals surface area contributed by atoms with E-state index < -0.39 is 0 Å². The van der Waals surface area contributed by atoms with E-state index in [0.717, 1.165) is 5.56 Å². The fraction of sp³-hybridized carbons (Fsp3) is 0.0455. The van der Waals surface area contributed by atoms with E-state index in [-0.39, 0.29) is 22.5 Å². The highest BCUT2D eigenvalue weighted by Gasteiger charge is 2.17. The van der Waals surface area contributed by atoms with Gasteiger partial charge in [-0.1, -0.05) is 18.2 Å². The largest absolute Gasteiger partial charge is 0.285 e. The van der Waals surface area contributed by atoms with Crippen LogP contribution < -0.4 is 11.0 Å². The second kappa shape index (κ2) is 5.85. The van der Waals surface area contributed by atoms with Crippen LogP contribution in [0.4, 0.5) is 4.39 Å². The van der Waals surface area contributed by atoms with Gasteiger partial charge in [-0.25, -0.2) is 14.1 Å². The van der Waals surface area contributed by atoms with Crippen LogP contribution in [0.15, 0.2) is 76.3 Å². The molecule has 0 aliphatic rings. The normalized spacial score (nSPS) is 11.5. The predicted octanol–water partition coefficient (Wildman–Crippen LogP) is 3.60. The van der Waals surface area contributed by atoms with E-state index >= 15 is 0 Å². The van der Waals surface area contributed by atoms with Crippen LogP contribution in [0, 0.1) is 12.7 Å². The second-order valence-corrected chi connectivity index (χ2v) is 6.71. The van der Waals surface area contributed by atoms with Gasteiger partial charge in [-0.3, -0.25) is 9.59 Å². The summed E-state index contributed by atoms with van der Waals surface area (Å²) in [6.45, 7) is 1.91. The summed E-state index contributed by atoms with van der Waals surface area (Å²) in [5, 5.41) is 0.847. The van der Waals surface area contributed by atoms with Crippen molar-refractivity contribution in [3.05, 3.63) is 98.7 Å². The van der Waals surface area contributed by atoms with Crippen molar-refractivity contribution in [1.82, 2.24) is 14.2 Å². The van der Waals surface area contributed by atoms with Gasteiger partial charge >= 0.3 is 0 Å². The second-order valence-electron chi connectivity index (χ2n) is 6.71. The molecule has 5 rings (SSSR count). The molecular formula is C22H14FN3O2. The van der Waals surface area contributed by atoms with Crippen LogP contribution in [0.3, 0.4) is 0 Å². The van der Waals surface area contributed by atoms with Gasteiger partial charge in [-0.2, -0.15) is 4.52 Å². The number of aromatic nitrogens is 3. The lowest BCUT2D eigenvalue weighted by Crippen LogP contribution is -2.29. The van der Waals surface area contributed by atoms with Crippen molar-refractivity contribution in [2.45, 2.75) is 6.92 Å². The van der Waals surface area contributed by atoms with Gasteiger partial charge in [0.2, 0.25) is 11.1 Å². The summed E-state index contributed by atoms with van der Waals surface area (Å²) in [6.07, 6.45) is 0. The van der Waals surface area contributed by atoms with E-state index in [1.807, 2.05) is 19.1 Å². The molecule has 0 fully saturated rings. The first kappa shape index (κ1) is 16.4. The molecule has 5 nitrogen and oxygen atoms in total. The van der Waals surface area contributed by atoms with Gasteiger partial charge in [-0.15, -0.1) is 0 Å². The Balaban J connectivity index is 2.13. The maximum Gasteiger partial charge on any atom is 0.281 e. The van der Waals surface area contributed by atoms with Gasteiger partial charge in [0.15, 0.2) is 0 Å².